The van der Waals surface area contributed by atoms with Gasteiger partial charge in [-0.1, -0.05) is 30.4 Å². The molecule has 1 fully saturated rings. The Balaban J connectivity index is 1.81. The molecule has 14 heteroatoms. The Morgan fingerprint density at radius 2 is 2.00 bits per heavy atom. The van der Waals surface area contributed by atoms with Crippen LogP contribution >= 0.6 is 32.2 Å². The van der Waals surface area contributed by atoms with E-state index in [1.165, 1.54) is 11.5 Å². The van der Waals surface area contributed by atoms with Crippen LogP contribution in [0.15, 0.2) is 36.5 Å². The van der Waals surface area contributed by atoms with E-state index in [1.807, 2.05) is 0 Å². The van der Waals surface area contributed by atoms with E-state index < -0.39 is 50.8 Å². The van der Waals surface area contributed by atoms with Crippen molar-refractivity contribution in [2.75, 3.05) is 6.61 Å². The van der Waals surface area contributed by atoms with Crippen molar-refractivity contribution >= 4 is 38.2 Å². The highest BCUT2D eigenvalue weighted by atomic mass is 32.1. The molecule has 1 aliphatic heterocycles. The lowest BCUT2D eigenvalue weighted by molar-refractivity contribution is -0.149. The maximum absolute atomic E-state index is 13.7. The van der Waals surface area contributed by atoms with Gasteiger partial charge in [0.1, 0.15) is 22.5 Å². The zero-order chi connectivity index (χ0) is 27.3. The smallest absolute Gasteiger partial charge is 0.459 e. The van der Waals surface area contributed by atoms with Crippen LogP contribution < -0.4 is 9.61 Å². The van der Waals surface area contributed by atoms with Crippen LogP contribution in [0.2, 0.25) is 0 Å². The lowest BCUT2D eigenvalue weighted by Crippen LogP contribution is -2.37. The molecule has 6 atom stereocenters. The van der Waals surface area contributed by atoms with Gasteiger partial charge in [0.2, 0.25) is 6.23 Å². The van der Waals surface area contributed by atoms with Crippen LogP contribution in [-0.4, -0.2) is 57.6 Å². The second kappa shape index (κ2) is 12.4. The summed E-state index contributed by atoms with van der Waals surface area (Å²) in [5.41, 5.74) is 0.706. The van der Waals surface area contributed by atoms with E-state index in [9.17, 15) is 14.5 Å². The molecule has 200 valence electrons. The number of rotatable bonds is 10. The fraction of sp³-hybridized carbons (Fsp3) is 0.478. The second-order valence-electron chi connectivity index (χ2n) is 8.69. The van der Waals surface area contributed by atoms with Crippen molar-refractivity contribution in [1.29, 1.82) is 0 Å². The second-order valence-corrected chi connectivity index (χ2v) is 11.2. The Hall–Kier alpha value is -2.43. The van der Waals surface area contributed by atoms with Gasteiger partial charge >= 0.3 is 13.7 Å². The van der Waals surface area contributed by atoms with Crippen molar-refractivity contribution in [2.24, 2.45) is 0 Å². The topological polar surface area (TPSA) is 128 Å². The molecule has 0 spiro atoms. The number of hydrogen-bond donors (Lipinski definition) is 3. The summed E-state index contributed by atoms with van der Waals surface area (Å²) in [5, 5.41) is 13.4. The normalized spacial score (nSPS) is 23.7. The molecular weight excluding hydrogens is 539 g/mol. The summed E-state index contributed by atoms with van der Waals surface area (Å²) < 4.78 is 38.2. The number of carbonyl (C=O) groups is 1. The minimum atomic E-state index is -4.18. The highest BCUT2D eigenvalue weighted by Gasteiger charge is 2.51. The van der Waals surface area contributed by atoms with Crippen LogP contribution in [0.1, 0.15) is 32.6 Å². The molecule has 0 saturated carbocycles. The Morgan fingerprint density at radius 1 is 1.32 bits per heavy atom. The maximum atomic E-state index is 13.7. The molecule has 0 amide bonds. The van der Waals surface area contributed by atoms with Gasteiger partial charge in [-0.3, -0.25) is 13.9 Å². The van der Waals surface area contributed by atoms with E-state index in [1.54, 1.807) is 57.3 Å². The number of ether oxygens (including phenoxy) is 2. The molecule has 0 bridgehead atoms. The number of para-hydroxylation sites is 1. The molecule has 2 unspecified atom stereocenters. The van der Waals surface area contributed by atoms with Gasteiger partial charge in [-0.15, -0.1) is 0 Å². The molecule has 1 aromatic carbocycles. The van der Waals surface area contributed by atoms with Gasteiger partial charge in [-0.2, -0.15) is 5.09 Å². The van der Waals surface area contributed by atoms with Gasteiger partial charge in [0, 0.05) is 11.8 Å². The van der Waals surface area contributed by atoms with E-state index in [4.69, 9.17) is 49.5 Å². The Kier molecular flexibility index (Phi) is 9.77. The first-order valence-corrected chi connectivity index (χ1v) is 13.8. The molecule has 11 nitrogen and oxygen atoms in total. The van der Waals surface area contributed by atoms with Gasteiger partial charge in [-0.25, -0.2) is 11.1 Å². The minimum Gasteiger partial charge on any atom is -0.462 e. The van der Waals surface area contributed by atoms with E-state index in [-0.39, 0.29) is 16.6 Å². The summed E-state index contributed by atoms with van der Waals surface area (Å²) in [4.78, 5) is 18.7. The van der Waals surface area contributed by atoms with Crippen molar-refractivity contribution in [1.82, 2.24) is 14.6 Å². The predicted octanol–water partition coefficient (Wildman–Crippen LogP) is 4.26. The quantitative estimate of drug-likeness (QED) is 0.166. The summed E-state index contributed by atoms with van der Waals surface area (Å²) in [7, 11) is -4.18. The third kappa shape index (κ3) is 7.33. The number of nitrogens with one attached hydrogen (secondary N) is 2. The number of aryl methyl sites for hydroxylation is 1. The number of benzene rings is 1. The molecule has 1 aromatic heterocycles. The summed E-state index contributed by atoms with van der Waals surface area (Å²) in [6.45, 7) is 13.8. The van der Waals surface area contributed by atoms with Crippen LogP contribution in [-0.2, 0) is 23.4 Å². The zero-order valence-corrected chi connectivity index (χ0v) is 23.2. The maximum Gasteiger partial charge on any atom is 0.459 e. The lowest BCUT2D eigenvalue weighted by Gasteiger charge is -2.24. The number of aliphatic hydroxyl groups is 1. The fourth-order valence-electron chi connectivity index (χ4n) is 3.52. The van der Waals surface area contributed by atoms with E-state index in [0.29, 0.717) is 10.2 Å². The SMILES string of the molecule is [C-]#[N+][C@@H]1C(O)[C@H](COP(=O)(N[C@@H](C)C(=O)OC(C)C)Oc2ccccc2)O[C@@H]1n1cc(C)c(=S)[nH]c1=S. The van der Waals surface area contributed by atoms with E-state index in [0.717, 1.165) is 0 Å². The molecule has 3 rings (SSSR count). The molecule has 0 radical (unpaired) electrons. The predicted molar refractivity (Wildman–Crippen MR) is 140 cm³/mol. The monoisotopic (exact) mass is 568 g/mol. The molecule has 1 saturated heterocycles. The standard InChI is InChI=1S/C23H29N4O7PS2/c1-13(2)32-22(29)15(4)26-35(30,34-16-9-7-6-8-10-16)31-12-17-19(28)18(24-5)21(33-17)27-11-14(3)20(36)25-23(27)37/h6-11,13,15,17-19,21,28H,12H2,1-4H3,(H,26,30)(H,25,36,37)/t15-,17-,18+,19?,21-,35?/m0/s1. The number of aromatic amines is 1. The van der Waals surface area contributed by atoms with E-state index in [2.05, 4.69) is 14.9 Å². The minimum absolute atomic E-state index is 0.222. The van der Waals surface area contributed by atoms with Gasteiger partial charge in [0.15, 0.2) is 10.9 Å². The summed E-state index contributed by atoms with van der Waals surface area (Å²) in [5.74, 6) is -0.416. The summed E-state index contributed by atoms with van der Waals surface area (Å²) >= 11 is 10.5. The Labute approximate surface area is 225 Å². The molecule has 2 heterocycles. The van der Waals surface area contributed by atoms with E-state index >= 15 is 0 Å². The van der Waals surface area contributed by atoms with Crippen LogP contribution in [0.4, 0.5) is 0 Å². The molecule has 2 aromatic rings. The third-order valence-electron chi connectivity index (χ3n) is 5.34. The average Bonchev–Trinajstić information content (AvgIpc) is 3.15. The van der Waals surface area contributed by atoms with Gasteiger partial charge in [-0.05, 0) is 52.0 Å². The number of nitrogens with zero attached hydrogens (tertiary/aromatic N) is 2. The molecule has 1 aliphatic rings. The van der Waals surface area contributed by atoms with Crippen molar-refractivity contribution in [3.8, 4) is 5.75 Å². The Morgan fingerprint density at radius 3 is 2.62 bits per heavy atom. The number of aliphatic hydroxyl groups excluding tert-OH is 1. The van der Waals surface area contributed by atoms with Gasteiger partial charge in [0.25, 0.3) is 6.04 Å². The van der Waals surface area contributed by atoms with Crippen LogP contribution in [0.5, 0.6) is 5.75 Å². The van der Waals surface area contributed by atoms with Crippen molar-refractivity contribution in [3.63, 3.8) is 0 Å². The first-order valence-electron chi connectivity index (χ1n) is 11.4. The number of esters is 1. The van der Waals surface area contributed by atoms with Crippen molar-refractivity contribution in [2.45, 2.75) is 64.3 Å². The highest BCUT2D eigenvalue weighted by molar-refractivity contribution is 7.72. The first-order chi connectivity index (χ1) is 17.4. The van der Waals surface area contributed by atoms with Gasteiger partial charge in [0.05, 0.1) is 12.7 Å². The van der Waals surface area contributed by atoms with Crippen molar-refractivity contribution in [3.05, 3.63) is 62.9 Å². The lowest BCUT2D eigenvalue weighted by atomic mass is 10.1. The number of hydrogen-bond acceptors (Lipinski definition) is 9. The number of aromatic nitrogens is 2. The summed E-state index contributed by atoms with van der Waals surface area (Å²) in [6.07, 6.45) is -2.02. The van der Waals surface area contributed by atoms with Gasteiger partial charge < -0.3 is 28.9 Å². The number of carbonyl (C=O) groups excluding carboxylic acids is 1. The molecule has 0 aliphatic carbocycles. The Bertz CT molecular complexity index is 1310. The fourth-order valence-corrected chi connectivity index (χ4v) is 5.49. The average molecular weight is 569 g/mol. The molecular formula is C23H29N4O7PS2. The van der Waals surface area contributed by atoms with Crippen LogP contribution in [0.25, 0.3) is 4.85 Å². The van der Waals surface area contributed by atoms with Crippen LogP contribution in [0, 0.1) is 22.9 Å². The summed E-state index contributed by atoms with van der Waals surface area (Å²) in [6, 6.07) is 6.21. The first kappa shape index (κ1) is 29.1. The number of H-pyrrole nitrogens is 1. The largest absolute Gasteiger partial charge is 0.462 e. The van der Waals surface area contributed by atoms with Crippen LogP contribution in [0.3, 0.4) is 0 Å². The zero-order valence-electron chi connectivity index (χ0n) is 20.7. The highest BCUT2D eigenvalue weighted by Crippen LogP contribution is 2.46. The molecule has 3 N–H and O–H groups in total. The molecule has 37 heavy (non-hydrogen) atoms. The van der Waals surface area contributed by atoms with Crippen molar-refractivity contribution < 1.29 is 33.0 Å². The third-order valence-corrected chi connectivity index (χ3v) is 7.72.